The van der Waals surface area contributed by atoms with Crippen LogP contribution in [0.15, 0.2) is 24.3 Å². The largest absolute Gasteiger partial charge is 0.480 e. The Balaban J connectivity index is 1.66. The molecule has 0 radical (unpaired) electrons. The van der Waals surface area contributed by atoms with Gasteiger partial charge in [0.25, 0.3) is 5.91 Å². The highest BCUT2D eigenvalue weighted by atomic mass is 16.4. The molecule has 1 atom stereocenters. The van der Waals surface area contributed by atoms with Gasteiger partial charge in [-0.1, -0.05) is 6.07 Å². The number of benzene rings is 1. The van der Waals surface area contributed by atoms with E-state index in [4.69, 9.17) is 5.11 Å². The lowest BCUT2D eigenvalue weighted by Crippen LogP contribution is -2.52. The van der Waals surface area contributed by atoms with E-state index in [0.29, 0.717) is 17.3 Å². The van der Waals surface area contributed by atoms with E-state index in [-0.39, 0.29) is 12.5 Å². The van der Waals surface area contributed by atoms with E-state index >= 15 is 0 Å². The van der Waals surface area contributed by atoms with Crippen LogP contribution in [0, 0.1) is 0 Å². The Bertz CT molecular complexity index is 576. The van der Waals surface area contributed by atoms with Crippen LogP contribution in [0.4, 0.5) is 5.69 Å². The number of rotatable bonds is 4. The minimum absolute atomic E-state index is 0.0329. The molecule has 1 amide bonds. The summed E-state index contributed by atoms with van der Waals surface area (Å²) in [7, 11) is 0. The molecule has 6 heteroatoms. The molecule has 0 spiro atoms. The van der Waals surface area contributed by atoms with Crippen LogP contribution in [0.2, 0.25) is 0 Å². The fraction of sp³-hybridized carbons (Fsp3) is 0.500. The summed E-state index contributed by atoms with van der Waals surface area (Å²) in [6.07, 6.45) is 2.39. The maximum absolute atomic E-state index is 12.6. The molecule has 2 aliphatic heterocycles. The van der Waals surface area contributed by atoms with Gasteiger partial charge in [-0.2, -0.15) is 0 Å². The Morgan fingerprint density at radius 3 is 2.95 bits per heavy atom. The summed E-state index contributed by atoms with van der Waals surface area (Å²) < 4.78 is 0. The van der Waals surface area contributed by atoms with Crippen molar-refractivity contribution < 1.29 is 14.7 Å². The summed E-state index contributed by atoms with van der Waals surface area (Å²) in [4.78, 5) is 27.6. The second kappa shape index (κ2) is 6.36. The zero-order valence-corrected chi connectivity index (χ0v) is 12.5. The predicted octanol–water partition coefficient (Wildman–Crippen LogP) is 1.10. The number of carboxylic acid groups (broad SMARTS) is 1. The van der Waals surface area contributed by atoms with E-state index in [2.05, 4.69) is 10.2 Å². The van der Waals surface area contributed by atoms with Gasteiger partial charge in [0.2, 0.25) is 0 Å². The van der Waals surface area contributed by atoms with Crippen molar-refractivity contribution in [3.63, 3.8) is 0 Å². The molecule has 2 heterocycles. The van der Waals surface area contributed by atoms with E-state index < -0.39 is 5.97 Å². The number of aliphatic carboxylic acids is 1. The number of fused-ring (bicyclic) bond motifs is 1. The molecular formula is C16H21N3O3. The number of carbonyl (C=O) groups is 2. The topological polar surface area (TPSA) is 72.9 Å². The van der Waals surface area contributed by atoms with Gasteiger partial charge >= 0.3 is 5.97 Å². The number of nitrogens with zero attached hydrogens (tertiary/aromatic N) is 2. The molecule has 0 saturated carbocycles. The summed E-state index contributed by atoms with van der Waals surface area (Å²) >= 11 is 0. The number of piperazine rings is 1. The summed E-state index contributed by atoms with van der Waals surface area (Å²) in [6.45, 7) is 3.51. The van der Waals surface area contributed by atoms with E-state index in [1.807, 2.05) is 4.90 Å². The lowest BCUT2D eigenvalue weighted by atomic mass is 10.1. The Kier molecular flexibility index (Phi) is 4.29. The van der Waals surface area contributed by atoms with Crippen LogP contribution in [0.1, 0.15) is 23.2 Å². The van der Waals surface area contributed by atoms with Gasteiger partial charge in [-0.3, -0.25) is 14.5 Å². The van der Waals surface area contributed by atoms with Crippen molar-refractivity contribution in [3.8, 4) is 0 Å². The van der Waals surface area contributed by atoms with Gasteiger partial charge in [-0.25, -0.2) is 0 Å². The second-order valence-electron chi connectivity index (χ2n) is 5.91. The number of carboxylic acids is 1. The first kappa shape index (κ1) is 14.8. The third-order valence-corrected chi connectivity index (χ3v) is 4.43. The second-order valence-corrected chi connectivity index (χ2v) is 5.91. The van der Waals surface area contributed by atoms with E-state index in [1.54, 1.807) is 24.3 Å². The highest BCUT2D eigenvalue weighted by molar-refractivity contribution is 5.95. The lowest BCUT2D eigenvalue weighted by molar-refractivity contribution is -0.134. The molecule has 2 saturated heterocycles. The van der Waals surface area contributed by atoms with Crippen molar-refractivity contribution in [3.05, 3.63) is 29.8 Å². The molecule has 0 aliphatic carbocycles. The number of anilines is 1. The smallest absolute Gasteiger partial charge is 0.322 e. The Morgan fingerprint density at radius 2 is 2.14 bits per heavy atom. The minimum Gasteiger partial charge on any atom is -0.480 e. The molecule has 1 aromatic carbocycles. The van der Waals surface area contributed by atoms with Crippen LogP contribution in [-0.4, -0.2) is 65.5 Å². The highest BCUT2D eigenvalue weighted by Crippen LogP contribution is 2.23. The summed E-state index contributed by atoms with van der Waals surface area (Å²) in [5.74, 6) is -0.889. The minimum atomic E-state index is -0.922. The first-order valence-corrected chi connectivity index (χ1v) is 7.72. The average molecular weight is 303 g/mol. The monoisotopic (exact) mass is 303 g/mol. The molecule has 1 aromatic rings. The molecular weight excluding hydrogens is 282 g/mol. The maximum Gasteiger partial charge on any atom is 0.322 e. The Labute approximate surface area is 129 Å². The first-order valence-electron chi connectivity index (χ1n) is 7.72. The van der Waals surface area contributed by atoms with Crippen LogP contribution in [0.25, 0.3) is 0 Å². The molecule has 2 N–H and O–H groups in total. The van der Waals surface area contributed by atoms with Gasteiger partial charge in [-0.05, 0) is 37.6 Å². The third kappa shape index (κ3) is 3.22. The zero-order chi connectivity index (χ0) is 15.5. The van der Waals surface area contributed by atoms with Crippen LogP contribution in [-0.2, 0) is 4.79 Å². The normalized spacial score (nSPS) is 21.5. The van der Waals surface area contributed by atoms with Gasteiger partial charge in [0.05, 0.1) is 0 Å². The number of carbonyl (C=O) groups excluding carboxylic acids is 1. The number of hydrogen-bond acceptors (Lipinski definition) is 4. The summed E-state index contributed by atoms with van der Waals surface area (Å²) in [6, 6.07) is 7.57. The molecule has 2 aliphatic rings. The Morgan fingerprint density at radius 1 is 1.27 bits per heavy atom. The molecule has 3 rings (SSSR count). The fourth-order valence-corrected chi connectivity index (χ4v) is 3.30. The molecule has 1 unspecified atom stereocenters. The quantitative estimate of drug-likeness (QED) is 0.871. The van der Waals surface area contributed by atoms with Gasteiger partial charge in [0.15, 0.2) is 0 Å². The van der Waals surface area contributed by atoms with E-state index in [0.717, 1.165) is 26.2 Å². The van der Waals surface area contributed by atoms with Crippen molar-refractivity contribution in [2.45, 2.75) is 18.9 Å². The highest BCUT2D eigenvalue weighted by Gasteiger charge is 2.32. The van der Waals surface area contributed by atoms with Gasteiger partial charge in [0, 0.05) is 36.9 Å². The van der Waals surface area contributed by atoms with Crippen LogP contribution < -0.4 is 5.32 Å². The summed E-state index contributed by atoms with van der Waals surface area (Å²) in [5, 5.41) is 11.5. The SMILES string of the molecule is O=C(O)CNc1cccc(C(=O)N2CCN3CCCC3C2)c1. The van der Waals surface area contributed by atoms with Crippen molar-refractivity contribution in [2.75, 3.05) is 38.0 Å². The molecule has 6 nitrogen and oxygen atoms in total. The zero-order valence-electron chi connectivity index (χ0n) is 12.5. The van der Waals surface area contributed by atoms with Gasteiger partial charge in [0.1, 0.15) is 6.54 Å². The van der Waals surface area contributed by atoms with Gasteiger partial charge in [-0.15, -0.1) is 0 Å². The number of hydrogen-bond donors (Lipinski definition) is 2. The Hall–Kier alpha value is -2.08. The standard InChI is InChI=1S/C16H21N3O3/c20-15(21)10-17-13-4-1-3-12(9-13)16(22)19-8-7-18-6-2-5-14(18)11-19/h1,3-4,9,14,17H,2,5-8,10-11H2,(H,20,21). The average Bonchev–Trinajstić information content (AvgIpc) is 3.00. The van der Waals surface area contributed by atoms with E-state index in [9.17, 15) is 9.59 Å². The molecule has 22 heavy (non-hydrogen) atoms. The summed E-state index contributed by atoms with van der Waals surface area (Å²) in [5.41, 5.74) is 1.27. The molecule has 2 fully saturated rings. The van der Waals surface area contributed by atoms with Crippen LogP contribution in [0.5, 0.6) is 0 Å². The molecule has 0 aromatic heterocycles. The van der Waals surface area contributed by atoms with Crippen molar-refractivity contribution in [1.82, 2.24) is 9.80 Å². The number of amides is 1. The van der Waals surface area contributed by atoms with Crippen LogP contribution in [0.3, 0.4) is 0 Å². The fourth-order valence-electron chi connectivity index (χ4n) is 3.30. The van der Waals surface area contributed by atoms with Crippen molar-refractivity contribution in [2.24, 2.45) is 0 Å². The van der Waals surface area contributed by atoms with Crippen LogP contribution >= 0.6 is 0 Å². The number of nitrogens with one attached hydrogen (secondary N) is 1. The first-order chi connectivity index (χ1) is 10.6. The van der Waals surface area contributed by atoms with Crippen molar-refractivity contribution in [1.29, 1.82) is 0 Å². The van der Waals surface area contributed by atoms with Gasteiger partial charge < -0.3 is 15.3 Å². The third-order valence-electron chi connectivity index (χ3n) is 4.43. The maximum atomic E-state index is 12.6. The molecule has 0 bridgehead atoms. The van der Waals surface area contributed by atoms with E-state index in [1.165, 1.54) is 12.8 Å². The molecule has 118 valence electrons. The lowest BCUT2D eigenvalue weighted by Gasteiger charge is -2.37. The van der Waals surface area contributed by atoms with Crippen molar-refractivity contribution >= 4 is 17.6 Å². The predicted molar refractivity (Wildman–Crippen MR) is 83.1 cm³/mol.